The summed E-state index contributed by atoms with van der Waals surface area (Å²) in [6.07, 6.45) is 1.35. The molecule has 1 aliphatic rings. The lowest BCUT2D eigenvalue weighted by atomic mass is 10.1. The van der Waals surface area contributed by atoms with Crippen LogP contribution < -0.4 is 10.5 Å². The van der Waals surface area contributed by atoms with Crippen LogP contribution in [0.4, 0.5) is 0 Å². The summed E-state index contributed by atoms with van der Waals surface area (Å²) in [5.41, 5.74) is 6.25. The predicted molar refractivity (Wildman–Crippen MR) is 73.5 cm³/mol. The molecule has 5 nitrogen and oxygen atoms in total. The number of ether oxygens (including phenoxy) is 1. The first-order valence-electron chi connectivity index (χ1n) is 6.11. The van der Waals surface area contributed by atoms with Crippen LogP contribution in [0.3, 0.4) is 0 Å². The van der Waals surface area contributed by atoms with Gasteiger partial charge in [-0.2, -0.15) is 0 Å². The summed E-state index contributed by atoms with van der Waals surface area (Å²) >= 11 is 5.97. The van der Waals surface area contributed by atoms with Crippen LogP contribution in [0.1, 0.15) is 18.4 Å². The molecule has 2 rings (SSSR count). The van der Waals surface area contributed by atoms with Gasteiger partial charge in [0.05, 0.1) is 5.02 Å². The standard InChI is InChI=1S/C12H17ClN2O3S/c13-11-2-1-9(8-14)7-12(11)19(16,17)15-10-3-5-18-6-4-10/h1-2,7,10,15H,3-6,8,14H2. The Kier molecular flexibility index (Phi) is 4.81. The van der Waals surface area contributed by atoms with Crippen LogP contribution in [0.15, 0.2) is 23.1 Å². The van der Waals surface area contributed by atoms with Crippen molar-refractivity contribution in [2.75, 3.05) is 13.2 Å². The third kappa shape index (κ3) is 3.67. The molecule has 0 atom stereocenters. The Morgan fingerprint density at radius 3 is 2.68 bits per heavy atom. The van der Waals surface area contributed by atoms with Gasteiger partial charge in [0.25, 0.3) is 0 Å². The van der Waals surface area contributed by atoms with Gasteiger partial charge in [0.2, 0.25) is 10.0 Å². The van der Waals surface area contributed by atoms with Crippen molar-refractivity contribution < 1.29 is 13.2 Å². The zero-order valence-corrected chi connectivity index (χ0v) is 12.0. The smallest absolute Gasteiger partial charge is 0.242 e. The molecule has 0 aliphatic carbocycles. The molecular formula is C12H17ClN2O3S. The quantitative estimate of drug-likeness (QED) is 0.877. The minimum absolute atomic E-state index is 0.0867. The lowest BCUT2D eigenvalue weighted by molar-refractivity contribution is 0.0832. The topological polar surface area (TPSA) is 81.4 Å². The molecule has 0 amide bonds. The van der Waals surface area contributed by atoms with Crippen molar-refractivity contribution in [3.8, 4) is 0 Å². The average Bonchev–Trinajstić information content (AvgIpc) is 2.39. The Morgan fingerprint density at radius 2 is 2.05 bits per heavy atom. The second-order valence-corrected chi connectivity index (χ2v) is 6.57. The van der Waals surface area contributed by atoms with Crippen molar-refractivity contribution in [1.82, 2.24) is 4.72 Å². The first kappa shape index (κ1) is 14.7. The molecule has 7 heteroatoms. The number of halogens is 1. The first-order chi connectivity index (χ1) is 9.03. The van der Waals surface area contributed by atoms with E-state index in [9.17, 15) is 8.42 Å². The molecule has 0 bridgehead atoms. The highest BCUT2D eigenvalue weighted by Crippen LogP contribution is 2.23. The summed E-state index contributed by atoms with van der Waals surface area (Å²) in [7, 11) is -3.62. The highest BCUT2D eigenvalue weighted by molar-refractivity contribution is 7.89. The first-order valence-corrected chi connectivity index (χ1v) is 7.97. The Bertz CT molecular complexity index is 542. The Labute approximate surface area is 118 Å². The van der Waals surface area contributed by atoms with E-state index in [1.807, 2.05) is 0 Å². The summed E-state index contributed by atoms with van der Waals surface area (Å²) in [5.74, 6) is 0. The number of hydrogen-bond acceptors (Lipinski definition) is 4. The molecule has 1 aromatic carbocycles. The van der Waals surface area contributed by atoms with Gasteiger partial charge in [-0.25, -0.2) is 13.1 Å². The van der Waals surface area contributed by atoms with Gasteiger partial charge in [0, 0.05) is 25.8 Å². The molecular weight excluding hydrogens is 288 g/mol. The maximum atomic E-state index is 12.3. The van der Waals surface area contributed by atoms with Gasteiger partial charge in [-0.1, -0.05) is 17.7 Å². The number of benzene rings is 1. The van der Waals surface area contributed by atoms with Crippen molar-refractivity contribution in [2.45, 2.75) is 30.3 Å². The third-order valence-corrected chi connectivity index (χ3v) is 5.07. The minimum atomic E-state index is -3.62. The van der Waals surface area contributed by atoms with Gasteiger partial charge < -0.3 is 10.5 Å². The molecule has 1 aliphatic heterocycles. The lowest BCUT2D eigenvalue weighted by Crippen LogP contribution is -2.39. The molecule has 19 heavy (non-hydrogen) atoms. The number of nitrogens with two attached hydrogens (primary N) is 1. The lowest BCUT2D eigenvalue weighted by Gasteiger charge is -2.23. The molecule has 0 aromatic heterocycles. The van der Waals surface area contributed by atoms with E-state index >= 15 is 0 Å². The van der Waals surface area contributed by atoms with Crippen LogP contribution in [0.25, 0.3) is 0 Å². The van der Waals surface area contributed by atoms with Gasteiger partial charge in [0.15, 0.2) is 0 Å². The number of nitrogens with one attached hydrogen (secondary N) is 1. The fourth-order valence-corrected chi connectivity index (χ4v) is 3.83. The molecule has 1 saturated heterocycles. The highest BCUT2D eigenvalue weighted by atomic mass is 35.5. The summed E-state index contributed by atoms with van der Waals surface area (Å²) in [6, 6.07) is 4.69. The van der Waals surface area contributed by atoms with Crippen molar-refractivity contribution in [3.63, 3.8) is 0 Å². The fraction of sp³-hybridized carbons (Fsp3) is 0.500. The van der Waals surface area contributed by atoms with E-state index in [4.69, 9.17) is 22.1 Å². The van der Waals surface area contributed by atoms with Crippen molar-refractivity contribution in [1.29, 1.82) is 0 Å². The zero-order chi connectivity index (χ0) is 13.9. The zero-order valence-electron chi connectivity index (χ0n) is 10.4. The summed E-state index contributed by atoms with van der Waals surface area (Å²) in [6.45, 7) is 1.42. The van der Waals surface area contributed by atoms with Gasteiger partial charge in [-0.05, 0) is 30.5 Å². The maximum Gasteiger partial charge on any atom is 0.242 e. The highest BCUT2D eigenvalue weighted by Gasteiger charge is 2.24. The van der Waals surface area contributed by atoms with Crippen LogP contribution in [-0.2, 0) is 21.3 Å². The number of hydrogen-bond donors (Lipinski definition) is 2. The van der Waals surface area contributed by atoms with E-state index in [1.54, 1.807) is 12.1 Å². The second-order valence-electron chi connectivity index (χ2n) is 4.48. The summed E-state index contributed by atoms with van der Waals surface area (Å²) in [4.78, 5) is 0.0867. The average molecular weight is 305 g/mol. The predicted octanol–water partition coefficient (Wildman–Crippen LogP) is 1.26. The SMILES string of the molecule is NCc1ccc(Cl)c(S(=O)(=O)NC2CCOCC2)c1. The van der Waals surface area contributed by atoms with Crippen molar-refractivity contribution in [3.05, 3.63) is 28.8 Å². The molecule has 0 unspecified atom stereocenters. The monoisotopic (exact) mass is 304 g/mol. The molecule has 0 spiro atoms. The fourth-order valence-electron chi connectivity index (χ4n) is 1.98. The van der Waals surface area contributed by atoms with Gasteiger partial charge in [0.1, 0.15) is 4.90 Å². The molecule has 3 N–H and O–H groups in total. The molecule has 0 saturated carbocycles. The van der Waals surface area contributed by atoms with E-state index in [2.05, 4.69) is 4.72 Å². The largest absolute Gasteiger partial charge is 0.381 e. The Hall–Kier alpha value is -0.660. The van der Waals surface area contributed by atoms with E-state index in [1.165, 1.54) is 6.07 Å². The minimum Gasteiger partial charge on any atom is -0.381 e. The Morgan fingerprint density at radius 1 is 1.37 bits per heavy atom. The molecule has 0 radical (unpaired) electrons. The molecule has 106 valence electrons. The van der Waals surface area contributed by atoms with Crippen molar-refractivity contribution in [2.24, 2.45) is 5.73 Å². The van der Waals surface area contributed by atoms with Gasteiger partial charge in [-0.15, -0.1) is 0 Å². The van der Waals surface area contributed by atoms with Gasteiger partial charge >= 0.3 is 0 Å². The summed E-state index contributed by atoms with van der Waals surface area (Å²) in [5, 5.41) is 0.205. The number of rotatable bonds is 4. The van der Waals surface area contributed by atoms with E-state index in [0.717, 1.165) is 5.56 Å². The van der Waals surface area contributed by atoms with Crippen LogP contribution in [-0.4, -0.2) is 27.7 Å². The maximum absolute atomic E-state index is 12.3. The van der Waals surface area contributed by atoms with Crippen LogP contribution in [0.5, 0.6) is 0 Å². The summed E-state index contributed by atoms with van der Waals surface area (Å²) < 4.78 is 32.5. The van der Waals surface area contributed by atoms with E-state index < -0.39 is 10.0 Å². The van der Waals surface area contributed by atoms with E-state index in [-0.39, 0.29) is 22.5 Å². The molecule has 1 aromatic rings. The normalized spacial score (nSPS) is 17.6. The molecule has 1 fully saturated rings. The van der Waals surface area contributed by atoms with Crippen LogP contribution >= 0.6 is 11.6 Å². The molecule has 1 heterocycles. The second kappa shape index (κ2) is 6.19. The number of sulfonamides is 1. The van der Waals surface area contributed by atoms with Gasteiger partial charge in [-0.3, -0.25) is 0 Å². The van der Waals surface area contributed by atoms with Crippen LogP contribution in [0.2, 0.25) is 5.02 Å². The van der Waals surface area contributed by atoms with Crippen molar-refractivity contribution >= 4 is 21.6 Å². The van der Waals surface area contributed by atoms with E-state index in [0.29, 0.717) is 26.1 Å². The van der Waals surface area contributed by atoms with Crippen LogP contribution in [0, 0.1) is 0 Å². The third-order valence-electron chi connectivity index (χ3n) is 3.06. The Balaban J connectivity index is 2.23.